The summed E-state index contributed by atoms with van der Waals surface area (Å²) in [6, 6.07) is 6.91. The van der Waals surface area contributed by atoms with Crippen LogP contribution >= 0.6 is 0 Å². The van der Waals surface area contributed by atoms with Gasteiger partial charge in [0.1, 0.15) is 5.82 Å². The minimum atomic E-state index is -4.63. The van der Waals surface area contributed by atoms with E-state index in [2.05, 4.69) is 20.3 Å². The molecule has 1 saturated heterocycles. The maximum Gasteiger partial charge on any atom is 0.419 e. The molecule has 43 heavy (non-hydrogen) atoms. The maximum absolute atomic E-state index is 13.7. The number of anilines is 3. The van der Waals surface area contributed by atoms with Crippen molar-refractivity contribution < 1.29 is 44.3 Å². The van der Waals surface area contributed by atoms with Crippen LogP contribution in [0.4, 0.5) is 57.0 Å². The molecule has 7 nitrogen and oxygen atoms in total. The van der Waals surface area contributed by atoms with Gasteiger partial charge >= 0.3 is 12.4 Å². The molecule has 1 aliphatic rings. The van der Waals surface area contributed by atoms with Gasteiger partial charge in [0.25, 0.3) is 5.91 Å². The lowest BCUT2D eigenvalue weighted by Gasteiger charge is -2.36. The summed E-state index contributed by atoms with van der Waals surface area (Å²) in [5.74, 6) is -6.10. The number of hydrogen-bond acceptors (Lipinski definition) is 5. The normalized spacial score (nSPS) is 14.3. The number of carbonyl (C=O) groups is 1. The van der Waals surface area contributed by atoms with E-state index in [1.807, 2.05) is 0 Å². The minimum Gasteiger partial charge on any atom is -0.353 e. The van der Waals surface area contributed by atoms with Crippen molar-refractivity contribution in [2.24, 2.45) is 0 Å². The highest BCUT2D eigenvalue weighted by atomic mass is 19.4. The monoisotopic (exact) mass is 614 g/mol. The Kier molecular flexibility index (Phi) is 7.70. The molecule has 0 saturated carbocycles. The number of nitrogens with zero attached hydrogens (tertiary/aromatic N) is 4. The SMILES string of the molecule is O=C(Nc1cc(F)c(F)c(F)c1)c1nc(N2CCN(c3ncccc3C(F)(F)F)CC2)[nH]c1-c1ccc(C(F)(F)F)cc1. The van der Waals surface area contributed by atoms with Crippen LogP contribution in [0, 0.1) is 17.5 Å². The number of rotatable bonds is 5. The molecular weight excluding hydrogens is 595 g/mol. The molecule has 226 valence electrons. The van der Waals surface area contributed by atoms with Gasteiger partial charge in [-0.05, 0) is 24.3 Å². The van der Waals surface area contributed by atoms with Crippen LogP contribution in [0.3, 0.4) is 0 Å². The molecule has 1 fully saturated rings. The molecule has 1 aliphatic heterocycles. The van der Waals surface area contributed by atoms with Crippen molar-refractivity contribution in [3.8, 4) is 11.3 Å². The van der Waals surface area contributed by atoms with E-state index in [4.69, 9.17) is 0 Å². The Morgan fingerprint density at radius 2 is 1.44 bits per heavy atom. The van der Waals surface area contributed by atoms with Gasteiger partial charge in [0, 0.05) is 55.8 Å². The molecule has 2 aromatic carbocycles. The fourth-order valence-corrected chi connectivity index (χ4v) is 4.53. The first-order valence-corrected chi connectivity index (χ1v) is 12.5. The molecule has 0 aliphatic carbocycles. The second kappa shape index (κ2) is 11.1. The fraction of sp³-hybridized carbons (Fsp3) is 0.222. The van der Waals surface area contributed by atoms with E-state index >= 15 is 0 Å². The number of nitrogens with one attached hydrogen (secondary N) is 2. The van der Waals surface area contributed by atoms with E-state index < -0.39 is 52.5 Å². The largest absolute Gasteiger partial charge is 0.419 e. The molecule has 0 unspecified atom stereocenters. The van der Waals surface area contributed by atoms with Gasteiger partial charge in [-0.1, -0.05) is 12.1 Å². The fourth-order valence-electron chi connectivity index (χ4n) is 4.53. The van der Waals surface area contributed by atoms with Crippen molar-refractivity contribution in [2.45, 2.75) is 12.4 Å². The molecule has 2 aromatic heterocycles. The first kappa shape index (κ1) is 29.7. The van der Waals surface area contributed by atoms with Crippen LogP contribution in [0.25, 0.3) is 11.3 Å². The summed E-state index contributed by atoms with van der Waals surface area (Å²) in [7, 11) is 0. The van der Waals surface area contributed by atoms with Gasteiger partial charge in [0.05, 0.1) is 16.8 Å². The Hall–Kier alpha value is -4.76. The summed E-state index contributed by atoms with van der Waals surface area (Å²) in [5, 5.41) is 2.19. The van der Waals surface area contributed by atoms with E-state index in [-0.39, 0.29) is 54.9 Å². The van der Waals surface area contributed by atoms with Gasteiger partial charge in [0.15, 0.2) is 23.1 Å². The average Bonchev–Trinajstić information content (AvgIpc) is 3.41. The summed E-state index contributed by atoms with van der Waals surface area (Å²) in [4.78, 5) is 27.2. The summed E-state index contributed by atoms with van der Waals surface area (Å²) in [6.45, 7) is 0.380. The van der Waals surface area contributed by atoms with Crippen molar-refractivity contribution in [1.82, 2.24) is 15.0 Å². The number of imidazole rings is 1. The number of piperazine rings is 1. The van der Waals surface area contributed by atoms with Gasteiger partial charge in [0.2, 0.25) is 5.95 Å². The lowest BCUT2D eigenvalue weighted by molar-refractivity contribution is -0.138. The predicted molar refractivity (Wildman–Crippen MR) is 137 cm³/mol. The minimum absolute atomic E-state index is 0.0456. The highest BCUT2D eigenvalue weighted by molar-refractivity contribution is 6.07. The zero-order valence-electron chi connectivity index (χ0n) is 21.6. The van der Waals surface area contributed by atoms with Gasteiger partial charge in [-0.2, -0.15) is 26.3 Å². The smallest absolute Gasteiger partial charge is 0.353 e. The average molecular weight is 614 g/mol. The van der Waals surface area contributed by atoms with Crippen LogP contribution in [0.2, 0.25) is 0 Å². The van der Waals surface area contributed by atoms with Crippen LogP contribution in [-0.4, -0.2) is 47.0 Å². The quantitative estimate of drug-likeness (QED) is 0.198. The zero-order chi connectivity index (χ0) is 31.1. The first-order chi connectivity index (χ1) is 20.2. The Bertz CT molecular complexity index is 1620. The van der Waals surface area contributed by atoms with Gasteiger partial charge in [-0.3, -0.25) is 4.79 Å². The van der Waals surface area contributed by atoms with E-state index in [0.29, 0.717) is 12.1 Å². The molecule has 3 heterocycles. The van der Waals surface area contributed by atoms with Crippen LogP contribution in [0.5, 0.6) is 0 Å². The number of benzene rings is 2. The van der Waals surface area contributed by atoms with E-state index in [1.165, 1.54) is 17.2 Å². The van der Waals surface area contributed by atoms with E-state index in [1.54, 1.807) is 4.90 Å². The third kappa shape index (κ3) is 6.22. The summed E-state index contributed by atoms with van der Waals surface area (Å²) >= 11 is 0. The number of hydrogen-bond donors (Lipinski definition) is 2. The Labute approximate surface area is 237 Å². The lowest BCUT2D eigenvalue weighted by Crippen LogP contribution is -2.47. The number of amides is 1. The van der Waals surface area contributed by atoms with Gasteiger partial charge < -0.3 is 20.1 Å². The molecule has 2 N–H and O–H groups in total. The van der Waals surface area contributed by atoms with Crippen LogP contribution < -0.4 is 15.1 Å². The molecule has 16 heteroatoms. The van der Waals surface area contributed by atoms with E-state index in [0.717, 1.165) is 30.3 Å². The standard InChI is InChI=1S/C27H19F9N6O/c28-18-12-16(13-19(29)20(18)30)38-24(43)22-21(14-3-5-15(6-4-14)26(31,32)33)39-25(40-22)42-10-8-41(9-11-42)23-17(27(34,35)36)2-1-7-37-23/h1-7,12-13H,8-11H2,(H,38,43)(H,39,40). The van der Waals surface area contributed by atoms with Gasteiger partial charge in [-0.15, -0.1) is 0 Å². The maximum atomic E-state index is 13.7. The molecule has 1 amide bonds. The third-order valence-corrected chi connectivity index (χ3v) is 6.62. The highest BCUT2D eigenvalue weighted by Gasteiger charge is 2.37. The number of H-pyrrole nitrogens is 1. The van der Waals surface area contributed by atoms with Crippen LogP contribution in [0.15, 0.2) is 54.7 Å². The van der Waals surface area contributed by atoms with Gasteiger partial charge in [-0.25, -0.2) is 23.1 Å². The highest BCUT2D eigenvalue weighted by Crippen LogP contribution is 2.36. The zero-order valence-corrected chi connectivity index (χ0v) is 21.6. The molecule has 0 bridgehead atoms. The second-order valence-corrected chi connectivity index (χ2v) is 9.41. The summed E-state index contributed by atoms with van der Waals surface area (Å²) in [5.41, 5.74) is -2.62. The predicted octanol–water partition coefficient (Wildman–Crippen LogP) is 6.51. The molecule has 5 rings (SSSR count). The summed E-state index contributed by atoms with van der Waals surface area (Å²) in [6.07, 6.45) is -8.02. The number of halogens is 9. The van der Waals surface area contributed by atoms with Crippen molar-refractivity contribution in [3.63, 3.8) is 0 Å². The van der Waals surface area contributed by atoms with Crippen molar-refractivity contribution >= 4 is 23.4 Å². The van der Waals surface area contributed by atoms with Crippen molar-refractivity contribution in [1.29, 1.82) is 0 Å². The number of alkyl halides is 6. The Morgan fingerprint density at radius 1 is 0.837 bits per heavy atom. The molecule has 4 aromatic rings. The Morgan fingerprint density at radius 3 is 2.02 bits per heavy atom. The molecule has 0 atom stereocenters. The molecular formula is C27H19F9N6O. The van der Waals surface area contributed by atoms with Crippen LogP contribution in [0.1, 0.15) is 21.6 Å². The van der Waals surface area contributed by atoms with Crippen LogP contribution in [-0.2, 0) is 12.4 Å². The number of aromatic amines is 1. The summed E-state index contributed by atoms with van der Waals surface area (Å²) < 4.78 is 121. The molecule has 0 spiro atoms. The van der Waals surface area contributed by atoms with Crippen molar-refractivity contribution in [2.75, 3.05) is 41.3 Å². The lowest BCUT2D eigenvalue weighted by atomic mass is 10.1. The molecule has 0 radical (unpaired) electrons. The topological polar surface area (TPSA) is 77.2 Å². The number of carbonyl (C=O) groups excluding carboxylic acids is 1. The third-order valence-electron chi connectivity index (χ3n) is 6.62. The Balaban J connectivity index is 1.44. The number of pyridine rings is 1. The second-order valence-electron chi connectivity index (χ2n) is 9.41. The van der Waals surface area contributed by atoms with Crippen molar-refractivity contribution in [3.05, 3.63) is 89.0 Å². The van der Waals surface area contributed by atoms with E-state index in [9.17, 15) is 44.3 Å². The number of aromatic nitrogens is 3. The first-order valence-electron chi connectivity index (χ1n) is 12.5.